The normalized spacial score (nSPS) is 13.0. The third kappa shape index (κ3) is 8.41. The minimum Gasteiger partial charge on any atom is -0.383 e. The highest BCUT2D eigenvalue weighted by atomic mass is 32.1. The van der Waals surface area contributed by atoms with Crippen LogP contribution in [-0.2, 0) is 20.4 Å². The number of amides is 1. The van der Waals surface area contributed by atoms with E-state index >= 15 is 0 Å². The van der Waals surface area contributed by atoms with Crippen LogP contribution in [-0.4, -0.2) is 47.3 Å². The highest BCUT2D eigenvalue weighted by Gasteiger charge is 2.16. The Hall–Kier alpha value is -3.00. The predicted molar refractivity (Wildman–Crippen MR) is 127 cm³/mol. The van der Waals surface area contributed by atoms with Crippen molar-refractivity contribution in [2.24, 2.45) is 0 Å². The molecule has 15 heteroatoms. The van der Waals surface area contributed by atoms with Gasteiger partial charge in [-0.1, -0.05) is 0 Å². The van der Waals surface area contributed by atoms with Crippen molar-refractivity contribution in [1.29, 1.82) is 0 Å². The first-order chi connectivity index (χ1) is 15.9. The van der Waals surface area contributed by atoms with E-state index in [1.54, 1.807) is 6.92 Å². The number of non-ortho nitro benzene ring substituents is 1. The second-order valence-electron chi connectivity index (χ2n) is 6.90. The van der Waals surface area contributed by atoms with Crippen LogP contribution in [0.5, 0.6) is 0 Å². The smallest absolute Gasteiger partial charge is 0.383 e. The Balaban J connectivity index is 2.28. The van der Waals surface area contributed by atoms with Gasteiger partial charge in [0.1, 0.15) is 16.7 Å². The first-order valence-corrected chi connectivity index (χ1v) is 12.1. The molecule has 0 atom stereocenters. The second-order valence-corrected chi connectivity index (χ2v) is 9.32. The van der Waals surface area contributed by atoms with E-state index in [1.165, 1.54) is 37.4 Å². The third-order valence-corrected chi connectivity index (χ3v) is 6.22. The van der Waals surface area contributed by atoms with Crippen LogP contribution < -0.4 is 11.1 Å². The number of nitrogens with zero attached hydrogens (tertiary/aromatic N) is 3. The summed E-state index contributed by atoms with van der Waals surface area (Å²) in [6.07, 6.45) is 1.40. The number of nitrogens with one attached hydrogen (secondary N) is 1. The van der Waals surface area contributed by atoms with Gasteiger partial charge < -0.3 is 25.9 Å². The second kappa shape index (κ2) is 11.9. The molecule has 0 fully saturated rings. The molecule has 0 spiro atoms. The van der Waals surface area contributed by atoms with E-state index in [1.807, 2.05) is 0 Å². The average molecular weight is 513 g/mol. The van der Waals surface area contributed by atoms with Gasteiger partial charge >= 0.3 is 7.82 Å². The maximum atomic E-state index is 12.7. The molecule has 2 aromatic rings. The highest BCUT2D eigenvalue weighted by molar-refractivity contribution is 8.02. The van der Waals surface area contributed by atoms with Crippen molar-refractivity contribution >= 4 is 41.6 Å². The molecule has 0 aliphatic carbocycles. The number of hydrogen-bond donors (Lipinski definition) is 6. The van der Waals surface area contributed by atoms with Crippen LogP contribution in [0.3, 0.4) is 0 Å². The van der Waals surface area contributed by atoms with E-state index in [-0.39, 0.29) is 52.0 Å². The maximum Gasteiger partial charge on any atom is 0.469 e. The number of aryl methyl sites for hydroxylation is 1. The van der Waals surface area contributed by atoms with Crippen LogP contribution >= 0.6 is 19.2 Å². The van der Waals surface area contributed by atoms with Crippen molar-refractivity contribution in [3.05, 3.63) is 68.0 Å². The van der Waals surface area contributed by atoms with Crippen molar-refractivity contribution in [1.82, 2.24) is 15.3 Å². The zero-order valence-electron chi connectivity index (χ0n) is 18.2. The average Bonchev–Trinajstić information content (AvgIpc) is 2.76. The Morgan fingerprint density at radius 3 is 2.53 bits per heavy atom. The summed E-state index contributed by atoms with van der Waals surface area (Å²) in [7, 11) is -4.73. The highest BCUT2D eigenvalue weighted by Crippen LogP contribution is 2.36. The van der Waals surface area contributed by atoms with Crippen molar-refractivity contribution < 1.29 is 33.7 Å². The Kier molecular flexibility index (Phi) is 9.55. The monoisotopic (exact) mass is 513 g/mol. The van der Waals surface area contributed by atoms with Gasteiger partial charge in [0.15, 0.2) is 0 Å². The van der Waals surface area contributed by atoms with Gasteiger partial charge in [0, 0.05) is 48.0 Å². The van der Waals surface area contributed by atoms with Crippen LogP contribution in [0.25, 0.3) is 0 Å². The van der Waals surface area contributed by atoms with Crippen LogP contribution in [0.15, 0.2) is 40.9 Å². The number of aromatic nitrogens is 2. The van der Waals surface area contributed by atoms with Crippen LogP contribution in [0, 0.1) is 17.0 Å². The SMILES string of the molecule is C/C(C(=O)NCc1cnc(C)nc1N)=C(CCOP(=O)(O)O)/[SH]=C(\O)c1ccc([N+](=O)[O-])cc1. The number of aliphatic hydroxyl groups is 1. The predicted octanol–water partition coefficient (Wildman–Crippen LogP) is 1.87. The number of rotatable bonds is 10. The molecule has 13 nitrogen and oxygen atoms in total. The summed E-state index contributed by atoms with van der Waals surface area (Å²) in [5, 5.41) is 23.8. The Morgan fingerprint density at radius 2 is 1.97 bits per heavy atom. The number of nitro groups is 1. The van der Waals surface area contributed by atoms with Gasteiger partial charge in [-0.25, -0.2) is 14.5 Å². The van der Waals surface area contributed by atoms with Gasteiger partial charge in [-0.05, 0) is 30.9 Å². The van der Waals surface area contributed by atoms with Crippen LogP contribution in [0.4, 0.5) is 11.5 Å². The minimum atomic E-state index is -4.73. The largest absolute Gasteiger partial charge is 0.469 e. The van der Waals surface area contributed by atoms with Crippen molar-refractivity contribution in [2.45, 2.75) is 26.8 Å². The number of carbonyl (C=O) groups is 1. The number of phosphoric ester groups is 1. The summed E-state index contributed by atoms with van der Waals surface area (Å²) in [4.78, 5) is 49.2. The first kappa shape index (κ1) is 27.2. The molecule has 0 aliphatic rings. The lowest BCUT2D eigenvalue weighted by atomic mass is 10.2. The van der Waals surface area contributed by atoms with E-state index < -0.39 is 25.3 Å². The molecular weight excluding hydrogens is 489 g/mol. The fraction of sp³-hybridized carbons (Fsp3) is 0.263. The molecule has 1 heterocycles. The molecule has 0 bridgehead atoms. The minimum absolute atomic E-state index is 0.0312. The van der Waals surface area contributed by atoms with Crippen molar-refractivity contribution in [3.63, 3.8) is 0 Å². The molecule has 1 amide bonds. The van der Waals surface area contributed by atoms with E-state index in [0.29, 0.717) is 16.3 Å². The first-order valence-electron chi connectivity index (χ1n) is 9.66. The number of benzene rings is 1. The van der Waals surface area contributed by atoms with E-state index in [2.05, 4.69) is 19.8 Å². The number of phosphoric acid groups is 1. The van der Waals surface area contributed by atoms with Gasteiger partial charge in [0.25, 0.3) is 5.69 Å². The van der Waals surface area contributed by atoms with Gasteiger partial charge in [0.2, 0.25) is 5.91 Å². The third-order valence-electron chi connectivity index (χ3n) is 4.41. The number of nitrogens with two attached hydrogens (primary N) is 1. The van der Waals surface area contributed by atoms with E-state index in [9.17, 15) is 24.6 Å². The summed E-state index contributed by atoms with van der Waals surface area (Å²) < 4.78 is 15.5. The molecule has 1 aromatic heterocycles. The fourth-order valence-corrected chi connectivity index (χ4v) is 3.94. The molecule has 0 aliphatic heterocycles. The topological polar surface area (TPSA) is 211 Å². The number of nitro benzene ring substituents is 1. The zero-order valence-corrected chi connectivity index (χ0v) is 20.0. The Morgan fingerprint density at radius 1 is 1.32 bits per heavy atom. The van der Waals surface area contributed by atoms with Crippen molar-refractivity contribution in [3.8, 4) is 0 Å². The summed E-state index contributed by atoms with van der Waals surface area (Å²) >= 11 is 0.151. The summed E-state index contributed by atoms with van der Waals surface area (Å²) in [6, 6.07) is 5.13. The number of thiol groups is 1. The maximum absolute atomic E-state index is 12.7. The fourth-order valence-electron chi connectivity index (χ4n) is 2.60. The Labute approximate surface area is 198 Å². The van der Waals surface area contributed by atoms with Gasteiger partial charge in [0.05, 0.1) is 11.5 Å². The number of carbonyl (C=O) groups excluding carboxylic acids is 1. The molecule has 0 unspecified atom stereocenters. The van der Waals surface area contributed by atoms with E-state index in [4.69, 9.17) is 15.5 Å². The standard InChI is InChI=1S/C19H24N5O8PS/c1-11(18(25)22-10-14-9-21-12(2)23-17(14)20)16(7-8-32-33(29,30)31)34-19(26)13-3-5-15(6-4-13)24(27)28/h3-6,9,26,34H,7-8,10H2,1-2H3,(H,22,25)(H2,20,21,23)(H2,29,30,31)/b16-11-. The molecular formula is C19H24N5O8PS. The summed E-state index contributed by atoms with van der Waals surface area (Å²) in [5.74, 6) is 0.175. The molecule has 2 rings (SSSR count). The van der Waals surface area contributed by atoms with Gasteiger partial charge in [-0.2, -0.15) is 0 Å². The Bertz CT molecular complexity index is 1180. The number of anilines is 1. The van der Waals surface area contributed by atoms with E-state index in [0.717, 1.165) is 0 Å². The lowest BCUT2D eigenvalue weighted by Gasteiger charge is -2.12. The van der Waals surface area contributed by atoms with Gasteiger partial charge in [-0.15, -0.1) is 11.4 Å². The van der Waals surface area contributed by atoms with Gasteiger partial charge in [-0.3, -0.25) is 19.4 Å². The molecule has 0 radical (unpaired) electrons. The molecule has 0 saturated heterocycles. The quantitative estimate of drug-likeness (QED) is 0.0674. The summed E-state index contributed by atoms with van der Waals surface area (Å²) in [5.41, 5.74) is 6.62. The molecule has 0 saturated carbocycles. The summed E-state index contributed by atoms with van der Waals surface area (Å²) in [6.45, 7) is 2.77. The van der Waals surface area contributed by atoms with Crippen molar-refractivity contribution in [2.75, 3.05) is 12.3 Å². The zero-order chi connectivity index (χ0) is 25.5. The number of nitrogen functional groups attached to an aromatic ring is 1. The lowest BCUT2D eigenvalue weighted by molar-refractivity contribution is -0.384. The van der Waals surface area contributed by atoms with Crippen LogP contribution in [0.2, 0.25) is 0 Å². The molecule has 34 heavy (non-hydrogen) atoms. The number of hydrogen-bond acceptors (Lipinski definition) is 8. The molecule has 1 aromatic carbocycles. The molecule has 184 valence electrons. The lowest BCUT2D eigenvalue weighted by Crippen LogP contribution is -2.25. The molecule has 6 N–H and O–H groups in total. The van der Waals surface area contributed by atoms with Crippen LogP contribution in [0.1, 0.15) is 30.3 Å². The number of aliphatic hydroxyl groups excluding tert-OH is 1.